The maximum Gasteiger partial charge on any atom is 0.279 e. The maximum absolute atomic E-state index is 13.3. The van der Waals surface area contributed by atoms with Crippen LogP contribution in [-0.4, -0.2) is 38.1 Å². The summed E-state index contributed by atoms with van der Waals surface area (Å²) < 4.78 is 8.78. The average molecular weight is 472 g/mol. The Morgan fingerprint density at radius 1 is 1.09 bits per heavy atom. The number of rotatable bonds is 7. The lowest BCUT2D eigenvalue weighted by molar-refractivity contribution is 0.0952. The molecule has 180 valence electrons. The summed E-state index contributed by atoms with van der Waals surface area (Å²) >= 11 is 0. The molecule has 0 aliphatic carbocycles. The van der Waals surface area contributed by atoms with Gasteiger partial charge in [0.05, 0.1) is 18.4 Å². The van der Waals surface area contributed by atoms with Crippen LogP contribution < -0.4 is 15.6 Å². The molecular formula is C27H29N5O3. The minimum atomic E-state index is -0.259. The number of nitrogens with one attached hydrogen (secondary N) is 1. The van der Waals surface area contributed by atoms with Gasteiger partial charge in [-0.15, -0.1) is 0 Å². The van der Waals surface area contributed by atoms with Crippen LogP contribution in [0.4, 0.5) is 0 Å². The van der Waals surface area contributed by atoms with Crippen LogP contribution in [0.3, 0.4) is 0 Å². The Kier molecular flexibility index (Phi) is 6.37. The van der Waals surface area contributed by atoms with Crippen LogP contribution in [0.25, 0.3) is 5.65 Å². The van der Waals surface area contributed by atoms with Gasteiger partial charge in [0.25, 0.3) is 11.5 Å². The topological polar surface area (TPSA) is 80.9 Å². The van der Waals surface area contributed by atoms with E-state index in [2.05, 4.69) is 27.4 Å². The van der Waals surface area contributed by atoms with Gasteiger partial charge in [0.2, 0.25) is 0 Å². The van der Waals surface area contributed by atoms with E-state index in [1.54, 1.807) is 0 Å². The highest BCUT2D eigenvalue weighted by molar-refractivity contribution is 5.99. The Hall–Kier alpha value is -3.91. The van der Waals surface area contributed by atoms with Crippen LogP contribution in [0.5, 0.6) is 5.75 Å². The van der Waals surface area contributed by atoms with Gasteiger partial charge < -0.3 is 14.6 Å². The van der Waals surface area contributed by atoms with Gasteiger partial charge in [-0.3, -0.25) is 14.5 Å². The first-order valence-corrected chi connectivity index (χ1v) is 11.9. The van der Waals surface area contributed by atoms with E-state index in [-0.39, 0.29) is 11.5 Å². The van der Waals surface area contributed by atoms with Crippen molar-refractivity contribution in [3.8, 4) is 5.75 Å². The lowest BCUT2D eigenvalue weighted by Gasteiger charge is -2.29. The van der Waals surface area contributed by atoms with Gasteiger partial charge in [0.15, 0.2) is 5.65 Å². The number of fused-ring (bicyclic) bond motifs is 2. The zero-order chi connectivity index (χ0) is 24.4. The molecule has 2 aromatic heterocycles. The number of nitrogens with zero attached hydrogens (tertiary/aromatic N) is 4. The van der Waals surface area contributed by atoms with E-state index in [1.165, 1.54) is 16.3 Å². The third-order valence-electron chi connectivity index (χ3n) is 6.49. The molecule has 8 heteroatoms. The van der Waals surface area contributed by atoms with E-state index >= 15 is 0 Å². The summed E-state index contributed by atoms with van der Waals surface area (Å²) in [5, 5.41) is 7.24. The fourth-order valence-electron chi connectivity index (χ4n) is 4.72. The quantitative estimate of drug-likeness (QED) is 0.448. The molecule has 0 bridgehead atoms. The molecule has 4 aromatic rings. The normalized spacial score (nSPS) is 13.5. The summed E-state index contributed by atoms with van der Waals surface area (Å²) in [6, 6.07) is 17.9. The maximum atomic E-state index is 13.3. The van der Waals surface area contributed by atoms with E-state index in [4.69, 9.17) is 4.74 Å². The second-order valence-corrected chi connectivity index (χ2v) is 8.79. The number of aryl methyl sites for hydroxylation is 1. The predicted octanol–water partition coefficient (Wildman–Crippen LogP) is 2.92. The number of hydrogen-bond acceptors (Lipinski definition) is 5. The fraction of sp³-hybridized carbons (Fsp3) is 0.296. The zero-order valence-electron chi connectivity index (χ0n) is 20.0. The first kappa shape index (κ1) is 22.9. The van der Waals surface area contributed by atoms with Gasteiger partial charge in [-0.05, 0) is 30.2 Å². The molecule has 3 heterocycles. The molecule has 0 unspecified atom stereocenters. The Morgan fingerprint density at radius 2 is 1.86 bits per heavy atom. The third kappa shape index (κ3) is 4.57. The summed E-state index contributed by atoms with van der Waals surface area (Å²) in [7, 11) is 1.91. The van der Waals surface area contributed by atoms with Crippen molar-refractivity contribution in [2.45, 2.75) is 33.0 Å². The summed E-state index contributed by atoms with van der Waals surface area (Å²) in [6.07, 6.45) is 2.22. The van der Waals surface area contributed by atoms with E-state index in [9.17, 15) is 9.59 Å². The van der Waals surface area contributed by atoms with Gasteiger partial charge in [0.1, 0.15) is 11.3 Å². The van der Waals surface area contributed by atoms with Crippen molar-refractivity contribution in [2.24, 2.45) is 7.05 Å². The van der Waals surface area contributed by atoms with Crippen LogP contribution in [-0.2, 0) is 33.1 Å². The highest BCUT2D eigenvalue weighted by atomic mass is 16.5. The Morgan fingerprint density at radius 3 is 2.60 bits per heavy atom. The van der Waals surface area contributed by atoms with Crippen molar-refractivity contribution < 1.29 is 9.53 Å². The van der Waals surface area contributed by atoms with Crippen molar-refractivity contribution in [3.63, 3.8) is 0 Å². The number of amides is 1. The molecule has 2 aromatic carbocycles. The van der Waals surface area contributed by atoms with Crippen molar-refractivity contribution in [1.29, 1.82) is 0 Å². The second-order valence-electron chi connectivity index (χ2n) is 8.79. The number of carbonyl (C=O) groups is 1. The zero-order valence-corrected chi connectivity index (χ0v) is 20.0. The lowest BCUT2D eigenvalue weighted by Crippen LogP contribution is -2.38. The molecule has 0 saturated heterocycles. The molecule has 1 N–H and O–H groups in total. The summed E-state index contributed by atoms with van der Waals surface area (Å²) in [4.78, 5) is 28.7. The summed E-state index contributed by atoms with van der Waals surface area (Å²) in [6.45, 7) is 5.12. The van der Waals surface area contributed by atoms with E-state index in [0.29, 0.717) is 30.9 Å². The number of hydrogen-bond donors (Lipinski definition) is 1. The lowest BCUT2D eigenvalue weighted by atomic mass is 10.1. The predicted molar refractivity (Wildman–Crippen MR) is 133 cm³/mol. The van der Waals surface area contributed by atoms with Crippen LogP contribution in [0.2, 0.25) is 0 Å². The second kappa shape index (κ2) is 9.76. The van der Waals surface area contributed by atoms with Crippen LogP contribution >= 0.6 is 0 Å². The van der Waals surface area contributed by atoms with E-state index in [0.717, 1.165) is 42.1 Å². The molecule has 0 saturated carbocycles. The van der Waals surface area contributed by atoms with Crippen molar-refractivity contribution in [2.75, 3.05) is 13.2 Å². The number of carbonyl (C=O) groups excluding carboxylic acids is 1. The van der Waals surface area contributed by atoms with Gasteiger partial charge in [-0.1, -0.05) is 42.5 Å². The molecule has 0 atom stereocenters. The molecule has 35 heavy (non-hydrogen) atoms. The van der Waals surface area contributed by atoms with Gasteiger partial charge in [-0.2, -0.15) is 9.61 Å². The standard InChI is InChI=1S/C27H29N5O3/c1-3-35-21-11-9-19(10-12-21)15-28-25(33)22-16-29-32-26(22)30(2)24-13-14-31(18-23(24)27(32)34)17-20-7-5-4-6-8-20/h4-12,16H,3,13-15,17-18H2,1-2H3,(H,28,33). The number of aromatic nitrogens is 3. The van der Waals surface area contributed by atoms with Crippen molar-refractivity contribution in [1.82, 2.24) is 24.4 Å². The van der Waals surface area contributed by atoms with Gasteiger partial charge in [-0.25, -0.2) is 0 Å². The van der Waals surface area contributed by atoms with Crippen molar-refractivity contribution >= 4 is 11.6 Å². The highest BCUT2D eigenvalue weighted by Crippen LogP contribution is 2.21. The van der Waals surface area contributed by atoms with Gasteiger partial charge >= 0.3 is 0 Å². The monoisotopic (exact) mass is 471 g/mol. The van der Waals surface area contributed by atoms with Crippen LogP contribution in [0.15, 0.2) is 65.6 Å². The third-order valence-corrected chi connectivity index (χ3v) is 6.49. The first-order valence-electron chi connectivity index (χ1n) is 11.9. The molecule has 5 rings (SSSR count). The average Bonchev–Trinajstić information content (AvgIpc) is 3.33. The van der Waals surface area contributed by atoms with Crippen molar-refractivity contribution in [3.05, 3.63) is 99.1 Å². The molecule has 1 aliphatic rings. The molecule has 1 amide bonds. The summed E-state index contributed by atoms with van der Waals surface area (Å²) in [5.74, 6) is 0.540. The number of benzene rings is 2. The largest absolute Gasteiger partial charge is 0.494 e. The Labute approximate surface area is 203 Å². The Bertz CT molecular complexity index is 1410. The number of ether oxygens (including phenoxy) is 1. The SMILES string of the molecule is CCOc1ccc(CNC(=O)c2cnn3c(=O)c4c(n(C)c23)CCN(Cc2ccccc2)C4)cc1. The first-order chi connectivity index (χ1) is 17.0. The van der Waals surface area contributed by atoms with E-state index in [1.807, 2.05) is 61.0 Å². The minimum absolute atomic E-state index is 0.156. The fourth-order valence-corrected chi connectivity index (χ4v) is 4.72. The van der Waals surface area contributed by atoms with Crippen LogP contribution in [0, 0.1) is 0 Å². The molecule has 1 aliphatic heterocycles. The molecule has 0 radical (unpaired) electrons. The molecule has 8 nitrogen and oxygen atoms in total. The van der Waals surface area contributed by atoms with Gasteiger partial charge in [0, 0.05) is 45.3 Å². The van der Waals surface area contributed by atoms with Crippen LogP contribution in [0.1, 0.15) is 39.7 Å². The Balaban J connectivity index is 1.36. The molecule has 0 spiro atoms. The van der Waals surface area contributed by atoms with E-state index < -0.39 is 0 Å². The molecule has 0 fully saturated rings. The minimum Gasteiger partial charge on any atom is -0.494 e. The highest BCUT2D eigenvalue weighted by Gasteiger charge is 2.26. The smallest absolute Gasteiger partial charge is 0.279 e. The summed E-state index contributed by atoms with van der Waals surface area (Å²) in [5.41, 5.74) is 4.65. The molecular weight excluding hydrogens is 442 g/mol.